The van der Waals surface area contributed by atoms with Crippen LogP contribution in [0.15, 0.2) is 70.2 Å². The molecule has 0 saturated heterocycles. The van der Waals surface area contributed by atoms with Crippen molar-refractivity contribution in [1.29, 1.82) is 0 Å². The highest BCUT2D eigenvalue weighted by Gasteiger charge is 2.06. The zero-order valence-corrected chi connectivity index (χ0v) is 11.1. The van der Waals surface area contributed by atoms with E-state index < -0.39 is 0 Å². The van der Waals surface area contributed by atoms with Gasteiger partial charge in [0.25, 0.3) is 5.56 Å². The summed E-state index contributed by atoms with van der Waals surface area (Å²) in [5.74, 6) is 0. The first-order valence-electron chi connectivity index (χ1n) is 6.11. The van der Waals surface area contributed by atoms with Gasteiger partial charge in [-0.3, -0.25) is 4.79 Å². The number of pyridine rings is 1. The molecule has 0 radical (unpaired) electrons. The van der Waals surface area contributed by atoms with Crippen LogP contribution in [-0.2, 0) is 6.54 Å². The molecular formula is C16H13NOS. The summed E-state index contributed by atoms with van der Waals surface area (Å²) in [7, 11) is 0. The summed E-state index contributed by atoms with van der Waals surface area (Å²) >= 11 is 1.64. The van der Waals surface area contributed by atoms with Gasteiger partial charge in [-0.05, 0) is 23.1 Å². The third kappa shape index (κ3) is 2.51. The smallest absolute Gasteiger partial charge is 0.251 e. The summed E-state index contributed by atoms with van der Waals surface area (Å²) in [5, 5.41) is 4.09. The second-order valence-corrected chi connectivity index (χ2v) is 5.11. The minimum Gasteiger partial charge on any atom is -0.304 e. The lowest BCUT2D eigenvalue weighted by Crippen LogP contribution is -2.20. The molecule has 0 N–H and O–H groups in total. The maximum atomic E-state index is 12.1. The molecule has 3 heteroatoms. The molecule has 0 aliphatic heterocycles. The van der Waals surface area contributed by atoms with Crippen molar-refractivity contribution in [2.75, 3.05) is 0 Å². The van der Waals surface area contributed by atoms with Gasteiger partial charge in [0, 0.05) is 17.0 Å². The summed E-state index contributed by atoms with van der Waals surface area (Å²) in [6.07, 6.45) is 0. The van der Waals surface area contributed by atoms with Crippen molar-refractivity contribution in [2.24, 2.45) is 0 Å². The van der Waals surface area contributed by atoms with E-state index in [0.29, 0.717) is 6.54 Å². The molecule has 0 atom stereocenters. The summed E-state index contributed by atoms with van der Waals surface area (Å²) in [4.78, 5) is 12.1. The van der Waals surface area contributed by atoms with Gasteiger partial charge >= 0.3 is 0 Å². The topological polar surface area (TPSA) is 22.0 Å². The van der Waals surface area contributed by atoms with Gasteiger partial charge in [-0.1, -0.05) is 36.4 Å². The average Bonchev–Trinajstić information content (AvgIpc) is 2.96. The van der Waals surface area contributed by atoms with E-state index in [1.165, 1.54) is 0 Å². The highest BCUT2D eigenvalue weighted by molar-refractivity contribution is 7.08. The Morgan fingerprint density at radius 3 is 2.53 bits per heavy atom. The van der Waals surface area contributed by atoms with Gasteiger partial charge in [0.1, 0.15) is 0 Å². The van der Waals surface area contributed by atoms with E-state index in [4.69, 9.17) is 0 Å². The van der Waals surface area contributed by atoms with Gasteiger partial charge in [0.05, 0.1) is 12.2 Å². The Hall–Kier alpha value is -2.13. The zero-order valence-electron chi connectivity index (χ0n) is 10.3. The molecule has 0 aliphatic rings. The molecule has 0 fully saturated rings. The van der Waals surface area contributed by atoms with Gasteiger partial charge in [0.15, 0.2) is 0 Å². The van der Waals surface area contributed by atoms with E-state index in [1.807, 2.05) is 58.5 Å². The second kappa shape index (κ2) is 5.24. The van der Waals surface area contributed by atoms with Crippen LogP contribution in [-0.4, -0.2) is 4.57 Å². The van der Waals surface area contributed by atoms with Crippen LogP contribution in [0.2, 0.25) is 0 Å². The van der Waals surface area contributed by atoms with Crippen LogP contribution in [0, 0.1) is 0 Å². The maximum Gasteiger partial charge on any atom is 0.251 e. The molecule has 3 rings (SSSR count). The van der Waals surface area contributed by atoms with Gasteiger partial charge in [0.2, 0.25) is 0 Å². The van der Waals surface area contributed by atoms with Gasteiger partial charge < -0.3 is 4.57 Å². The van der Waals surface area contributed by atoms with Crippen LogP contribution in [0.25, 0.3) is 11.3 Å². The van der Waals surface area contributed by atoms with Gasteiger partial charge in [-0.15, -0.1) is 0 Å². The molecule has 0 saturated carbocycles. The third-order valence-corrected chi connectivity index (χ3v) is 3.73. The molecule has 2 nitrogen and oxygen atoms in total. The Bertz CT molecular complexity index is 714. The van der Waals surface area contributed by atoms with Crippen molar-refractivity contribution in [3.8, 4) is 11.3 Å². The molecule has 0 amide bonds. The number of aromatic nitrogens is 1. The molecule has 3 aromatic rings. The first-order valence-corrected chi connectivity index (χ1v) is 7.05. The number of thiophene rings is 1. The zero-order chi connectivity index (χ0) is 13.1. The first kappa shape index (κ1) is 11.9. The van der Waals surface area contributed by atoms with Gasteiger partial charge in [-0.25, -0.2) is 0 Å². The van der Waals surface area contributed by atoms with E-state index >= 15 is 0 Å². The van der Waals surface area contributed by atoms with E-state index in [9.17, 15) is 4.79 Å². The number of hydrogen-bond acceptors (Lipinski definition) is 2. The highest BCUT2D eigenvalue weighted by Crippen LogP contribution is 2.21. The van der Waals surface area contributed by atoms with Gasteiger partial charge in [-0.2, -0.15) is 11.3 Å². The van der Waals surface area contributed by atoms with Crippen LogP contribution in [0.5, 0.6) is 0 Å². The predicted octanol–water partition coefficient (Wildman–Crippen LogP) is 3.63. The molecule has 94 valence electrons. The SMILES string of the molecule is O=c1cccc(-c2ccsc2)n1Cc1ccccc1. The van der Waals surface area contributed by atoms with Crippen LogP contribution in [0.3, 0.4) is 0 Å². The Balaban J connectivity index is 2.08. The van der Waals surface area contributed by atoms with Crippen LogP contribution in [0.1, 0.15) is 5.56 Å². The lowest BCUT2D eigenvalue weighted by molar-refractivity contribution is 0.769. The summed E-state index contributed by atoms with van der Waals surface area (Å²) in [6, 6.07) is 17.5. The van der Waals surface area contributed by atoms with Crippen LogP contribution in [0.4, 0.5) is 0 Å². The Morgan fingerprint density at radius 1 is 0.947 bits per heavy atom. The number of benzene rings is 1. The quantitative estimate of drug-likeness (QED) is 0.710. The van der Waals surface area contributed by atoms with Crippen LogP contribution >= 0.6 is 11.3 Å². The highest BCUT2D eigenvalue weighted by atomic mass is 32.1. The molecule has 1 aromatic carbocycles. The molecular weight excluding hydrogens is 254 g/mol. The van der Waals surface area contributed by atoms with E-state index in [0.717, 1.165) is 16.8 Å². The number of rotatable bonds is 3. The molecule has 0 spiro atoms. The minimum atomic E-state index is 0.0348. The molecule has 19 heavy (non-hydrogen) atoms. The molecule has 0 bridgehead atoms. The van der Waals surface area contributed by atoms with E-state index in [1.54, 1.807) is 17.4 Å². The normalized spacial score (nSPS) is 10.5. The van der Waals surface area contributed by atoms with Crippen LogP contribution < -0.4 is 5.56 Å². The lowest BCUT2D eigenvalue weighted by Gasteiger charge is -2.11. The largest absolute Gasteiger partial charge is 0.304 e. The van der Waals surface area contributed by atoms with Crippen molar-refractivity contribution in [3.63, 3.8) is 0 Å². The Kier molecular flexibility index (Phi) is 3.29. The van der Waals surface area contributed by atoms with Crippen molar-refractivity contribution < 1.29 is 0 Å². The Labute approximate surface area is 115 Å². The fourth-order valence-corrected chi connectivity index (χ4v) is 2.76. The summed E-state index contributed by atoms with van der Waals surface area (Å²) in [6.45, 7) is 0.603. The minimum absolute atomic E-state index is 0.0348. The average molecular weight is 267 g/mol. The maximum absolute atomic E-state index is 12.1. The van der Waals surface area contributed by atoms with Crippen molar-refractivity contribution in [3.05, 3.63) is 81.3 Å². The molecule has 0 unspecified atom stereocenters. The van der Waals surface area contributed by atoms with Crippen molar-refractivity contribution in [2.45, 2.75) is 6.54 Å². The molecule has 0 aliphatic carbocycles. The van der Waals surface area contributed by atoms with Crippen molar-refractivity contribution in [1.82, 2.24) is 4.57 Å². The standard InChI is InChI=1S/C16H13NOS/c18-16-8-4-7-15(14-9-10-19-12-14)17(16)11-13-5-2-1-3-6-13/h1-10,12H,11H2. The van der Waals surface area contributed by atoms with E-state index in [-0.39, 0.29) is 5.56 Å². The number of nitrogens with zero attached hydrogens (tertiary/aromatic N) is 1. The fraction of sp³-hybridized carbons (Fsp3) is 0.0625. The Morgan fingerprint density at radius 2 is 1.79 bits per heavy atom. The lowest BCUT2D eigenvalue weighted by atomic mass is 10.2. The second-order valence-electron chi connectivity index (χ2n) is 4.33. The number of hydrogen-bond donors (Lipinski definition) is 0. The molecule has 2 heterocycles. The fourth-order valence-electron chi connectivity index (χ4n) is 2.11. The predicted molar refractivity (Wildman–Crippen MR) is 79.6 cm³/mol. The molecule has 2 aromatic heterocycles. The summed E-state index contributed by atoms with van der Waals surface area (Å²) < 4.78 is 1.82. The third-order valence-electron chi connectivity index (χ3n) is 3.05. The first-order chi connectivity index (χ1) is 9.34. The van der Waals surface area contributed by atoms with Crippen molar-refractivity contribution >= 4 is 11.3 Å². The summed E-state index contributed by atoms with van der Waals surface area (Å²) in [5.41, 5.74) is 3.23. The van der Waals surface area contributed by atoms with E-state index in [2.05, 4.69) is 5.38 Å². The monoisotopic (exact) mass is 267 g/mol.